The highest BCUT2D eigenvalue weighted by atomic mass is 14.3. The van der Waals surface area contributed by atoms with E-state index in [4.69, 9.17) is 0 Å². The molecule has 0 nitrogen and oxygen atoms in total. The van der Waals surface area contributed by atoms with Crippen LogP contribution in [0.25, 0.3) is 0 Å². The van der Waals surface area contributed by atoms with E-state index in [9.17, 15) is 0 Å². The Hall–Kier alpha value is -0.520. The molecule has 0 saturated heterocycles. The summed E-state index contributed by atoms with van der Waals surface area (Å²) in [6.45, 7) is 10.6. The molecule has 0 aromatic rings. The van der Waals surface area contributed by atoms with Gasteiger partial charge in [0.05, 0.1) is 0 Å². The summed E-state index contributed by atoms with van der Waals surface area (Å²) in [5.41, 5.74) is 3.14. The van der Waals surface area contributed by atoms with Gasteiger partial charge in [0.15, 0.2) is 0 Å². The minimum absolute atomic E-state index is 0.708. The Kier molecular flexibility index (Phi) is 1.98. The molecule has 0 spiro atoms. The molecular weight excluding hydrogens is 120 g/mol. The maximum atomic E-state index is 3.84. The van der Waals surface area contributed by atoms with Crippen molar-refractivity contribution in [1.29, 1.82) is 0 Å². The van der Waals surface area contributed by atoms with Crippen molar-refractivity contribution in [3.63, 3.8) is 0 Å². The van der Waals surface area contributed by atoms with Crippen LogP contribution in [0.1, 0.15) is 27.2 Å². The van der Waals surface area contributed by atoms with Gasteiger partial charge in [-0.1, -0.05) is 24.1 Å². The highest BCUT2D eigenvalue weighted by molar-refractivity contribution is 5.22. The lowest BCUT2D eigenvalue weighted by molar-refractivity contribution is 0.533. The van der Waals surface area contributed by atoms with Crippen LogP contribution in [-0.2, 0) is 0 Å². The summed E-state index contributed by atoms with van der Waals surface area (Å²) in [6.07, 6.45) is 3.32. The lowest BCUT2D eigenvalue weighted by atomic mass is 9.94. The zero-order valence-corrected chi connectivity index (χ0v) is 7.15. The third-order valence-electron chi connectivity index (χ3n) is 2.84. The van der Waals surface area contributed by atoms with E-state index in [0.29, 0.717) is 5.92 Å². The molecule has 0 heteroatoms. The molecule has 0 aromatic heterocycles. The van der Waals surface area contributed by atoms with Gasteiger partial charge in [0.2, 0.25) is 0 Å². The van der Waals surface area contributed by atoms with Crippen LogP contribution in [0.3, 0.4) is 0 Å². The second kappa shape index (κ2) is 2.61. The van der Waals surface area contributed by atoms with Gasteiger partial charge in [-0.2, -0.15) is 0 Å². The van der Waals surface area contributed by atoms with Crippen molar-refractivity contribution in [2.24, 2.45) is 11.8 Å². The van der Waals surface area contributed by atoms with Crippen LogP contribution >= 0.6 is 0 Å². The zero-order valence-electron chi connectivity index (χ0n) is 7.15. The molecule has 0 heterocycles. The number of rotatable bonds is 1. The number of hydrogen-bond acceptors (Lipinski definition) is 0. The fourth-order valence-corrected chi connectivity index (χ4v) is 1.69. The highest BCUT2D eigenvalue weighted by Crippen LogP contribution is 2.36. The summed E-state index contributed by atoms with van der Waals surface area (Å²) in [7, 11) is 0. The molecular formula is C10H16. The predicted molar refractivity (Wildman–Crippen MR) is 45.8 cm³/mol. The van der Waals surface area contributed by atoms with Gasteiger partial charge in [-0.05, 0) is 32.1 Å². The van der Waals surface area contributed by atoms with Crippen LogP contribution in [0, 0.1) is 11.8 Å². The van der Waals surface area contributed by atoms with E-state index in [-0.39, 0.29) is 0 Å². The van der Waals surface area contributed by atoms with Crippen molar-refractivity contribution in [3.05, 3.63) is 23.8 Å². The average molecular weight is 136 g/mol. The molecule has 2 atom stereocenters. The summed E-state index contributed by atoms with van der Waals surface area (Å²) in [6, 6.07) is 0. The molecule has 1 aliphatic carbocycles. The topological polar surface area (TPSA) is 0 Å². The molecule has 1 aliphatic rings. The van der Waals surface area contributed by atoms with Gasteiger partial charge < -0.3 is 0 Å². The van der Waals surface area contributed by atoms with E-state index in [1.165, 1.54) is 6.42 Å². The van der Waals surface area contributed by atoms with Crippen molar-refractivity contribution in [1.82, 2.24) is 0 Å². The Bertz CT molecular complexity index is 174. The molecule has 0 aromatic carbocycles. The lowest BCUT2D eigenvalue weighted by Gasteiger charge is -2.10. The molecule has 0 N–H and O–H groups in total. The SMILES string of the molecule is C=CC1CC(C)=C(C)C1C. The molecule has 56 valence electrons. The smallest absolute Gasteiger partial charge is 0.0136 e. The van der Waals surface area contributed by atoms with E-state index in [2.05, 4.69) is 33.4 Å². The molecule has 10 heavy (non-hydrogen) atoms. The minimum atomic E-state index is 0.708. The van der Waals surface area contributed by atoms with E-state index in [1.807, 2.05) is 0 Å². The zero-order chi connectivity index (χ0) is 7.72. The fourth-order valence-electron chi connectivity index (χ4n) is 1.69. The van der Waals surface area contributed by atoms with Gasteiger partial charge in [-0.3, -0.25) is 0 Å². The third-order valence-corrected chi connectivity index (χ3v) is 2.84. The normalized spacial score (nSPS) is 33.1. The van der Waals surface area contributed by atoms with Crippen molar-refractivity contribution < 1.29 is 0 Å². The van der Waals surface area contributed by atoms with Gasteiger partial charge in [0.25, 0.3) is 0 Å². The third kappa shape index (κ3) is 1.03. The van der Waals surface area contributed by atoms with Gasteiger partial charge in [-0.15, -0.1) is 6.58 Å². The summed E-state index contributed by atoms with van der Waals surface area (Å²) in [5, 5.41) is 0. The summed E-state index contributed by atoms with van der Waals surface area (Å²) in [4.78, 5) is 0. The second-order valence-electron chi connectivity index (χ2n) is 3.36. The second-order valence-corrected chi connectivity index (χ2v) is 3.36. The standard InChI is InChI=1S/C10H16/c1-5-10-6-7(2)8(3)9(10)4/h5,9-10H,1,6H2,2-4H3. The molecule has 0 amide bonds. The first-order valence-corrected chi connectivity index (χ1v) is 3.95. The molecule has 1 rings (SSSR count). The Balaban J connectivity index is 2.76. The monoisotopic (exact) mass is 136 g/mol. The fraction of sp³-hybridized carbons (Fsp3) is 0.600. The highest BCUT2D eigenvalue weighted by Gasteiger charge is 2.23. The van der Waals surface area contributed by atoms with E-state index >= 15 is 0 Å². The van der Waals surface area contributed by atoms with Gasteiger partial charge in [0, 0.05) is 0 Å². The summed E-state index contributed by atoms with van der Waals surface area (Å²) >= 11 is 0. The molecule has 2 unspecified atom stereocenters. The van der Waals surface area contributed by atoms with Crippen molar-refractivity contribution in [2.45, 2.75) is 27.2 Å². The molecule has 0 saturated carbocycles. The number of hydrogen-bond donors (Lipinski definition) is 0. The van der Waals surface area contributed by atoms with Crippen LogP contribution < -0.4 is 0 Å². The lowest BCUT2D eigenvalue weighted by Crippen LogP contribution is -2.01. The average Bonchev–Trinajstić information content (AvgIpc) is 2.17. The van der Waals surface area contributed by atoms with E-state index < -0.39 is 0 Å². The van der Waals surface area contributed by atoms with Crippen LogP contribution in [0.2, 0.25) is 0 Å². The Morgan fingerprint density at radius 3 is 2.30 bits per heavy atom. The molecule has 0 radical (unpaired) electrons. The van der Waals surface area contributed by atoms with Crippen molar-refractivity contribution in [3.8, 4) is 0 Å². The van der Waals surface area contributed by atoms with Crippen LogP contribution in [-0.4, -0.2) is 0 Å². The van der Waals surface area contributed by atoms with Crippen LogP contribution in [0.4, 0.5) is 0 Å². The van der Waals surface area contributed by atoms with E-state index in [0.717, 1.165) is 5.92 Å². The minimum Gasteiger partial charge on any atom is -0.103 e. The van der Waals surface area contributed by atoms with E-state index in [1.54, 1.807) is 11.1 Å². The summed E-state index contributed by atoms with van der Waals surface area (Å²) in [5.74, 6) is 1.44. The van der Waals surface area contributed by atoms with Crippen molar-refractivity contribution >= 4 is 0 Å². The quantitative estimate of drug-likeness (QED) is 0.486. The van der Waals surface area contributed by atoms with Crippen LogP contribution in [0.15, 0.2) is 23.8 Å². The van der Waals surface area contributed by atoms with Gasteiger partial charge in [-0.25, -0.2) is 0 Å². The molecule has 0 bridgehead atoms. The predicted octanol–water partition coefficient (Wildman–Crippen LogP) is 3.16. The van der Waals surface area contributed by atoms with Gasteiger partial charge >= 0.3 is 0 Å². The molecule has 0 fully saturated rings. The molecule has 0 aliphatic heterocycles. The summed E-state index contributed by atoms with van der Waals surface area (Å²) < 4.78 is 0. The first kappa shape index (κ1) is 7.59. The largest absolute Gasteiger partial charge is 0.103 e. The first-order valence-electron chi connectivity index (χ1n) is 3.95. The first-order chi connectivity index (χ1) is 4.66. The maximum Gasteiger partial charge on any atom is -0.0136 e. The Morgan fingerprint density at radius 2 is 2.10 bits per heavy atom. The van der Waals surface area contributed by atoms with Crippen molar-refractivity contribution in [2.75, 3.05) is 0 Å². The maximum absolute atomic E-state index is 3.84. The van der Waals surface area contributed by atoms with Crippen LogP contribution in [0.5, 0.6) is 0 Å². The van der Waals surface area contributed by atoms with Gasteiger partial charge in [0.1, 0.15) is 0 Å². The Morgan fingerprint density at radius 1 is 1.50 bits per heavy atom. The number of allylic oxidation sites excluding steroid dienone is 3. The Labute approximate surface area is 63.6 Å².